The minimum Gasteiger partial charge on any atom is -0.481 e. The second kappa shape index (κ2) is 18.4. The second-order valence-corrected chi connectivity index (χ2v) is 6.97. The number of hydrogen-bond acceptors (Lipinski definition) is 6. The number of halogens is 4. The third-order valence-corrected chi connectivity index (χ3v) is 4.21. The Bertz CT molecular complexity index is 855. The zero-order valence-electron chi connectivity index (χ0n) is 20.0. The number of hydrogen-bond donors (Lipinski definition) is 4. The summed E-state index contributed by atoms with van der Waals surface area (Å²) in [6.07, 6.45) is -4.98. The second-order valence-electron chi connectivity index (χ2n) is 6.70. The molecule has 0 heterocycles. The van der Waals surface area contributed by atoms with Crippen molar-refractivity contribution in [3.63, 3.8) is 0 Å². The molecule has 0 fully saturated rings. The van der Waals surface area contributed by atoms with E-state index in [1.54, 1.807) is 0 Å². The van der Waals surface area contributed by atoms with E-state index in [1.165, 1.54) is 0 Å². The molecule has 0 saturated carbocycles. The summed E-state index contributed by atoms with van der Waals surface area (Å²) in [6.45, 7) is 4.73. The monoisotopic (exact) mass is 541 g/mol. The molecule has 1 aromatic rings. The van der Waals surface area contributed by atoms with Crippen LogP contribution in [0.3, 0.4) is 0 Å². The SMILES string of the molecule is CC.O=C(O)CCOCCOCCNC(=O)CCNC(=O)c1cc(NC(=O)CCl)cc(C(F)(F)F)c1. The molecule has 0 unspecified atom stereocenters. The zero-order chi connectivity index (χ0) is 27.6. The van der Waals surface area contributed by atoms with Crippen molar-refractivity contribution >= 4 is 41.0 Å². The molecule has 1 aromatic carbocycles. The minimum absolute atomic E-state index is 0.0744. The maximum absolute atomic E-state index is 13.1. The van der Waals surface area contributed by atoms with Crippen LogP contribution in [0.5, 0.6) is 0 Å². The van der Waals surface area contributed by atoms with E-state index in [-0.39, 0.29) is 63.6 Å². The molecule has 0 aliphatic rings. The first-order valence-corrected chi connectivity index (χ1v) is 11.6. The Balaban J connectivity index is 0.00000596. The molecule has 3 amide bonds. The molecule has 0 spiro atoms. The first kappa shape index (κ1) is 33.1. The van der Waals surface area contributed by atoms with E-state index in [9.17, 15) is 32.3 Å². The summed E-state index contributed by atoms with van der Waals surface area (Å²) in [5, 5.41) is 15.5. The van der Waals surface area contributed by atoms with Crippen LogP contribution >= 0.6 is 11.6 Å². The lowest BCUT2D eigenvalue weighted by Crippen LogP contribution is -2.32. The molecular weight excluding hydrogens is 511 g/mol. The number of nitrogens with one attached hydrogen (secondary N) is 3. The highest BCUT2D eigenvalue weighted by atomic mass is 35.5. The van der Waals surface area contributed by atoms with Crippen LogP contribution in [0.2, 0.25) is 0 Å². The summed E-state index contributed by atoms with van der Waals surface area (Å²) in [5.74, 6) is -3.44. The average molecular weight is 542 g/mol. The van der Waals surface area contributed by atoms with Crippen LogP contribution in [0.25, 0.3) is 0 Å². The van der Waals surface area contributed by atoms with Gasteiger partial charge in [0.2, 0.25) is 11.8 Å². The van der Waals surface area contributed by atoms with Gasteiger partial charge in [-0.15, -0.1) is 11.6 Å². The van der Waals surface area contributed by atoms with Gasteiger partial charge in [0.25, 0.3) is 5.91 Å². The van der Waals surface area contributed by atoms with Gasteiger partial charge in [-0.05, 0) is 18.2 Å². The number of carboxylic acids is 1. The third kappa shape index (κ3) is 15.2. The number of alkyl halides is 4. The lowest BCUT2D eigenvalue weighted by atomic mass is 10.1. The van der Waals surface area contributed by atoms with Gasteiger partial charge in [0.05, 0.1) is 38.4 Å². The number of carbonyl (C=O) groups excluding carboxylic acids is 3. The quantitative estimate of drug-likeness (QED) is 0.197. The van der Waals surface area contributed by atoms with E-state index in [2.05, 4.69) is 16.0 Å². The van der Waals surface area contributed by atoms with E-state index in [0.29, 0.717) is 12.1 Å². The Kier molecular flexibility index (Phi) is 16.9. The first-order chi connectivity index (χ1) is 17.0. The van der Waals surface area contributed by atoms with Gasteiger partial charge in [0, 0.05) is 30.8 Å². The Hall–Kier alpha value is -2.90. The predicted molar refractivity (Wildman–Crippen MR) is 126 cm³/mol. The fourth-order valence-corrected chi connectivity index (χ4v) is 2.48. The largest absolute Gasteiger partial charge is 0.481 e. The first-order valence-electron chi connectivity index (χ1n) is 11.0. The molecule has 204 valence electrons. The highest BCUT2D eigenvalue weighted by molar-refractivity contribution is 6.29. The molecule has 0 saturated heterocycles. The molecular formula is C22H31ClF3N3O7. The van der Waals surface area contributed by atoms with Crippen LogP contribution < -0.4 is 16.0 Å². The van der Waals surface area contributed by atoms with Gasteiger partial charge in [-0.1, -0.05) is 13.8 Å². The molecule has 14 heteroatoms. The Morgan fingerprint density at radius 2 is 1.53 bits per heavy atom. The lowest BCUT2D eigenvalue weighted by molar-refractivity contribution is -0.139. The van der Waals surface area contributed by atoms with Crippen LogP contribution in [-0.2, 0) is 30.0 Å². The summed E-state index contributed by atoms with van der Waals surface area (Å²) in [7, 11) is 0. The highest BCUT2D eigenvalue weighted by Gasteiger charge is 2.32. The van der Waals surface area contributed by atoms with E-state index >= 15 is 0 Å². The minimum atomic E-state index is -4.75. The predicted octanol–water partition coefficient (Wildman–Crippen LogP) is 2.65. The summed E-state index contributed by atoms with van der Waals surface area (Å²) < 4.78 is 49.5. The van der Waals surface area contributed by atoms with Gasteiger partial charge in [-0.2, -0.15) is 13.2 Å². The Morgan fingerprint density at radius 1 is 0.889 bits per heavy atom. The van der Waals surface area contributed by atoms with Gasteiger partial charge < -0.3 is 30.5 Å². The average Bonchev–Trinajstić information content (AvgIpc) is 2.83. The van der Waals surface area contributed by atoms with Gasteiger partial charge >= 0.3 is 12.1 Å². The Morgan fingerprint density at radius 3 is 2.11 bits per heavy atom. The number of amides is 3. The standard InChI is InChI=1S/C20H25ClF3N3O7.C2H6/c21-12-17(29)27-15-10-13(9-14(11-15)20(22,23)24)19(32)26-3-1-16(28)25-4-6-34-8-7-33-5-2-18(30)31;1-2/h9-11H,1-8,12H2,(H,25,28)(H,26,32)(H,27,29)(H,30,31);1-2H3. The van der Waals surface area contributed by atoms with Crippen molar-refractivity contribution in [2.24, 2.45) is 0 Å². The van der Waals surface area contributed by atoms with Crippen LogP contribution in [-0.4, -0.2) is 74.2 Å². The summed E-state index contributed by atoms with van der Waals surface area (Å²) in [4.78, 5) is 45.7. The number of carboxylic acid groups (broad SMARTS) is 1. The van der Waals surface area contributed by atoms with Gasteiger partial charge in [0.1, 0.15) is 5.88 Å². The molecule has 0 atom stereocenters. The van der Waals surface area contributed by atoms with Crippen molar-refractivity contribution in [2.75, 3.05) is 50.7 Å². The summed E-state index contributed by atoms with van der Waals surface area (Å²) in [6, 6.07) is 2.38. The fourth-order valence-electron chi connectivity index (χ4n) is 2.41. The van der Waals surface area contributed by atoms with Crippen molar-refractivity contribution in [3.05, 3.63) is 29.3 Å². The summed E-state index contributed by atoms with van der Waals surface area (Å²) in [5.41, 5.74) is -1.72. The molecule has 36 heavy (non-hydrogen) atoms. The third-order valence-electron chi connectivity index (χ3n) is 3.97. The van der Waals surface area contributed by atoms with Crippen LogP contribution in [0.15, 0.2) is 18.2 Å². The number of ether oxygens (including phenoxy) is 2. The van der Waals surface area contributed by atoms with Crippen LogP contribution in [0, 0.1) is 0 Å². The smallest absolute Gasteiger partial charge is 0.416 e. The van der Waals surface area contributed by atoms with E-state index in [1.807, 2.05) is 13.8 Å². The van der Waals surface area contributed by atoms with Crippen molar-refractivity contribution in [2.45, 2.75) is 32.9 Å². The van der Waals surface area contributed by atoms with Gasteiger partial charge in [-0.25, -0.2) is 0 Å². The number of benzene rings is 1. The molecule has 10 nitrogen and oxygen atoms in total. The molecule has 0 bridgehead atoms. The van der Waals surface area contributed by atoms with Crippen LogP contribution in [0.1, 0.15) is 42.6 Å². The number of anilines is 1. The molecule has 0 radical (unpaired) electrons. The molecule has 0 aliphatic heterocycles. The number of carbonyl (C=O) groups is 4. The lowest BCUT2D eigenvalue weighted by Gasteiger charge is -2.13. The van der Waals surface area contributed by atoms with Crippen molar-refractivity contribution in [3.8, 4) is 0 Å². The van der Waals surface area contributed by atoms with Gasteiger partial charge in [-0.3, -0.25) is 19.2 Å². The topological polar surface area (TPSA) is 143 Å². The van der Waals surface area contributed by atoms with Crippen molar-refractivity contribution < 1.29 is 46.9 Å². The zero-order valence-corrected chi connectivity index (χ0v) is 20.8. The van der Waals surface area contributed by atoms with Gasteiger partial charge in [0.15, 0.2) is 0 Å². The maximum atomic E-state index is 13.1. The number of aliphatic carboxylic acids is 1. The van der Waals surface area contributed by atoms with E-state index < -0.39 is 41.3 Å². The van der Waals surface area contributed by atoms with E-state index in [0.717, 1.165) is 6.07 Å². The molecule has 4 N–H and O–H groups in total. The Labute approximate surface area is 211 Å². The maximum Gasteiger partial charge on any atom is 0.416 e. The normalized spacial score (nSPS) is 10.6. The highest BCUT2D eigenvalue weighted by Crippen LogP contribution is 2.32. The fraction of sp³-hybridized carbons (Fsp3) is 0.545. The number of rotatable bonds is 15. The summed E-state index contributed by atoms with van der Waals surface area (Å²) >= 11 is 5.34. The molecule has 0 aromatic heterocycles. The van der Waals surface area contributed by atoms with E-state index in [4.69, 9.17) is 26.2 Å². The molecule has 1 rings (SSSR count). The van der Waals surface area contributed by atoms with Crippen molar-refractivity contribution in [1.82, 2.24) is 10.6 Å². The molecule has 0 aliphatic carbocycles. The van der Waals surface area contributed by atoms with Crippen LogP contribution in [0.4, 0.5) is 18.9 Å². The van der Waals surface area contributed by atoms with Crippen molar-refractivity contribution in [1.29, 1.82) is 0 Å².